The molecular formula is C21H23NO3. The maximum Gasteiger partial charge on any atom is 0.340 e. The van der Waals surface area contributed by atoms with E-state index in [0.717, 1.165) is 47.0 Å². The first kappa shape index (κ1) is 17.1. The van der Waals surface area contributed by atoms with Gasteiger partial charge in [-0.25, -0.2) is 4.79 Å². The maximum atomic E-state index is 12.1. The van der Waals surface area contributed by atoms with Gasteiger partial charge in [0.25, 0.3) is 0 Å². The maximum absolute atomic E-state index is 12.1. The highest BCUT2D eigenvalue weighted by atomic mass is 16.5. The minimum Gasteiger partial charge on any atom is -0.508 e. The molecule has 0 bridgehead atoms. The third kappa shape index (κ3) is 3.25. The van der Waals surface area contributed by atoms with Gasteiger partial charge < -0.3 is 14.4 Å². The first-order chi connectivity index (χ1) is 12.0. The molecule has 3 aromatic rings. The van der Waals surface area contributed by atoms with Gasteiger partial charge in [0.15, 0.2) is 0 Å². The SMILES string of the molecule is CCCCn1cc(C(=O)OC)c2ccc(-c3ccc(O)cc3C)cc21. The van der Waals surface area contributed by atoms with E-state index in [1.807, 2.05) is 31.3 Å². The predicted molar refractivity (Wildman–Crippen MR) is 100 cm³/mol. The number of nitrogens with zero attached hydrogens (tertiary/aromatic N) is 1. The van der Waals surface area contributed by atoms with E-state index >= 15 is 0 Å². The molecule has 25 heavy (non-hydrogen) atoms. The van der Waals surface area contributed by atoms with E-state index in [1.165, 1.54) is 7.11 Å². The van der Waals surface area contributed by atoms with Gasteiger partial charge in [0, 0.05) is 23.6 Å². The number of carbonyl (C=O) groups is 1. The van der Waals surface area contributed by atoms with E-state index in [4.69, 9.17) is 4.74 Å². The van der Waals surface area contributed by atoms with Gasteiger partial charge in [0.05, 0.1) is 12.7 Å². The highest BCUT2D eigenvalue weighted by Gasteiger charge is 2.16. The molecule has 0 amide bonds. The van der Waals surface area contributed by atoms with E-state index in [9.17, 15) is 9.90 Å². The number of aryl methyl sites for hydroxylation is 2. The van der Waals surface area contributed by atoms with Crippen LogP contribution in [0.25, 0.3) is 22.0 Å². The first-order valence-corrected chi connectivity index (χ1v) is 8.56. The Morgan fingerprint density at radius 1 is 1.20 bits per heavy atom. The largest absolute Gasteiger partial charge is 0.508 e. The Morgan fingerprint density at radius 2 is 2.00 bits per heavy atom. The van der Waals surface area contributed by atoms with Crippen LogP contribution in [0.5, 0.6) is 5.75 Å². The highest BCUT2D eigenvalue weighted by Crippen LogP contribution is 2.31. The zero-order chi connectivity index (χ0) is 18.0. The van der Waals surface area contributed by atoms with E-state index in [2.05, 4.69) is 17.6 Å². The fourth-order valence-corrected chi connectivity index (χ4v) is 3.22. The number of phenols is 1. The van der Waals surface area contributed by atoms with Crippen LogP contribution in [0.2, 0.25) is 0 Å². The van der Waals surface area contributed by atoms with E-state index in [0.29, 0.717) is 5.56 Å². The molecule has 1 aromatic heterocycles. The van der Waals surface area contributed by atoms with Gasteiger partial charge in [0.1, 0.15) is 5.75 Å². The summed E-state index contributed by atoms with van der Waals surface area (Å²) in [7, 11) is 1.41. The summed E-state index contributed by atoms with van der Waals surface area (Å²) in [5.74, 6) is -0.0459. The number of aromatic nitrogens is 1. The van der Waals surface area contributed by atoms with Gasteiger partial charge in [-0.1, -0.05) is 31.5 Å². The molecule has 130 valence electrons. The fourth-order valence-electron chi connectivity index (χ4n) is 3.22. The Bertz CT molecular complexity index is 924. The summed E-state index contributed by atoms with van der Waals surface area (Å²) >= 11 is 0. The molecule has 0 saturated heterocycles. The number of unbranched alkanes of at least 4 members (excludes halogenated alkanes) is 1. The Balaban J connectivity index is 2.16. The molecule has 0 spiro atoms. The van der Waals surface area contributed by atoms with Gasteiger partial charge in [-0.15, -0.1) is 0 Å². The van der Waals surface area contributed by atoms with Crippen molar-refractivity contribution in [3.63, 3.8) is 0 Å². The molecule has 0 fully saturated rings. The summed E-state index contributed by atoms with van der Waals surface area (Å²) < 4.78 is 7.06. The van der Waals surface area contributed by atoms with Gasteiger partial charge >= 0.3 is 5.97 Å². The van der Waals surface area contributed by atoms with Crippen molar-refractivity contribution < 1.29 is 14.6 Å². The lowest BCUT2D eigenvalue weighted by atomic mass is 9.99. The van der Waals surface area contributed by atoms with Crippen LogP contribution in [-0.2, 0) is 11.3 Å². The van der Waals surface area contributed by atoms with Crippen molar-refractivity contribution in [2.24, 2.45) is 0 Å². The van der Waals surface area contributed by atoms with Gasteiger partial charge in [-0.05, 0) is 48.2 Å². The lowest BCUT2D eigenvalue weighted by Gasteiger charge is -2.09. The number of fused-ring (bicyclic) bond motifs is 1. The van der Waals surface area contributed by atoms with E-state index in [1.54, 1.807) is 12.1 Å². The summed E-state index contributed by atoms with van der Waals surface area (Å²) in [6.07, 6.45) is 4.02. The molecule has 0 unspecified atom stereocenters. The molecule has 0 aliphatic heterocycles. The van der Waals surface area contributed by atoms with Crippen LogP contribution >= 0.6 is 0 Å². The van der Waals surface area contributed by atoms with Crippen LogP contribution in [0.15, 0.2) is 42.6 Å². The minimum atomic E-state index is -0.311. The van der Waals surface area contributed by atoms with Gasteiger partial charge in [-0.2, -0.15) is 0 Å². The highest BCUT2D eigenvalue weighted by molar-refractivity contribution is 6.05. The average Bonchev–Trinajstić information content (AvgIpc) is 2.97. The van der Waals surface area contributed by atoms with Crippen molar-refractivity contribution in [3.05, 3.63) is 53.7 Å². The Labute approximate surface area is 147 Å². The third-order valence-electron chi connectivity index (χ3n) is 4.56. The van der Waals surface area contributed by atoms with Crippen molar-refractivity contribution in [1.29, 1.82) is 0 Å². The molecular weight excluding hydrogens is 314 g/mol. The predicted octanol–water partition coefficient (Wildman–Crippen LogP) is 4.91. The smallest absolute Gasteiger partial charge is 0.340 e. The molecule has 0 aliphatic rings. The van der Waals surface area contributed by atoms with Gasteiger partial charge in [-0.3, -0.25) is 0 Å². The molecule has 3 rings (SSSR count). The number of aromatic hydroxyl groups is 1. The normalized spacial score (nSPS) is 11.0. The second-order valence-electron chi connectivity index (χ2n) is 6.31. The monoisotopic (exact) mass is 337 g/mol. The summed E-state index contributed by atoms with van der Waals surface area (Å²) in [6.45, 7) is 5.00. The number of ether oxygens (including phenoxy) is 1. The Kier molecular flexibility index (Phi) is 4.79. The van der Waals surface area contributed by atoms with Crippen molar-refractivity contribution >= 4 is 16.9 Å². The lowest BCUT2D eigenvalue weighted by molar-refractivity contribution is 0.0602. The number of rotatable bonds is 5. The van der Waals surface area contributed by atoms with Crippen LogP contribution in [-0.4, -0.2) is 22.8 Å². The molecule has 4 nitrogen and oxygen atoms in total. The van der Waals surface area contributed by atoms with Crippen LogP contribution in [0, 0.1) is 6.92 Å². The summed E-state index contributed by atoms with van der Waals surface area (Å²) in [6, 6.07) is 11.5. The van der Waals surface area contributed by atoms with Crippen molar-refractivity contribution in [1.82, 2.24) is 4.57 Å². The molecule has 0 aliphatic carbocycles. The Hall–Kier alpha value is -2.75. The van der Waals surface area contributed by atoms with Crippen LogP contribution in [0.1, 0.15) is 35.7 Å². The van der Waals surface area contributed by atoms with Crippen molar-refractivity contribution in [2.45, 2.75) is 33.2 Å². The van der Waals surface area contributed by atoms with Crippen LogP contribution in [0.3, 0.4) is 0 Å². The van der Waals surface area contributed by atoms with Crippen molar-refractivity contribution in [2.75, 3.05) is 7.11 Å². The van der Waals surface area contributed by atoms with Gasteiger partial charge in [0.2, 0.25) is 0 Å². The molecule has 0 radical (unpaired) electrons. The molecule has 0 atom stereocenters. The second-order valence-corrected chi connectivity index (χ2v) is 6.31. The number of carbonyl (C=O) groups excluding carboxylic acids is 1. The number of phenolic OH excluding ortho intramolecular Hbond substituents is 1. The zero-order valence-corrected chi connectivity index (χ0v) is 14.9. The topological polar surface area (TPSA) is 51.5 Å². The van der Waals surface area contributed by atoms with Crippen LogP contribution < -0.4 is 0 Å². The third-order valence-corrected chi connectivity index (χ3v) is 4.56. The summed E-state index contributed by atoms with van der Waals surface area (Å²) in [4.78, 5) is 12.1. The molecule has 0 saturated carbocycles. The number of hydrogen-bond donors (Lipinski definition) is 1. The zero-order valence-electron chi connectivity index (χ0n) is 14.9. The number of methoxy groups -OCH3 is 1. The number of hydrogen-bond acceptors (Lipinski definition) is 3. The lowest BCUT2D eigenvalue weighted by Crippen LogP contribution is -2.00. The minimum absolute atomic E-state index is 0.265. The van der Waals surface area contributed by atoms with Crippen molar-refractivity contribution in [3.8, 4) is 16.9 Å². The van der Waals surface area contributed by atoms with E-state index in [-0.39, 0.29) is 11.7 Å². The van der Waals surface area contributed by atoms with E-state index < -0.39 is 0 Å². The molecule has 1 N–H and O–H groups in total. The standard InChI is InChI=1S/C21H23NO3/c1-4-5-10-22-13-19(21(24)25-3)18-8-6-15(12-20(18)22)17-9-7-16(23)11-14(17)2/h6-9,11-13,23H,4-5,10H2,1-3H3. The molecule has 1 heterocycles. The summed E-state index contributed by atoms with van der Waals surface area (Å²) in [5.41, 5.74) is 4.78. The Morgan fingerprint density at radius 3 is 2.68 bits per heavy atom. The number of benzene rings is 2. The quantitative estimate of drug-likeness (QED) is 0.673. The fraction of sp³-hybridized carbons (Fsp3) is 0.286. The molecule has 4 heteroatoms. The first-order valence-electron chi connectivity index (χ1n) is 8.56. The number of esters is 1. The second kappa shape index (κ2) is 7.01. The average molecular weight is 337 g/mol. The van der Waals surface area contributed by atoms with Crippen LogP contribution in [0.4, 0.5) is 0 Å². The summed E-state index contributed by atoms with van der Waals surface area (Å²) in [5, 5.41) is 10.5. The molecule has 2 aromatic carbocycles.